The molecule has 0 spiro atoms. The number of aryl methyl sites for hydroxylation is 3. The van der Waals surface area contributed by atoms with Crippen molar-refractivity contribution >= 4 is 32.7 Å². The van der Waals surface area contributed by atoms with Crippen molar-refractivity contribution in [2.24, 2.45) is 7.05 Å². The van der Waals surface area contributed by atoms with Crippen molar-refractivity contribution in [3.8, 4) is 11.3 Å². The maximum Gasteiger partial charge on any atom is 0.234 e. The van der Waals surface area contributed by atoms with Crippen molar-refractivity contribution < 1.29 is 13.1 Å². The van der Waals surface area contributed by atoms with Crippen LogP contribution in [0.3, 0.4) is 0 Å². The highest BCUT2D eigenvalue weighted by atomic mass is 16.3. The van der Waals surface area contributed by atoms with Crippen LogP contribution in [0.1, 0.15) is 15.4 Å². The highest BCUT2D eigenvalue weighted by Crippen LogP contribution is 2.39. The van der Waals surface area contributed by atoms with Gasteiger partial charge in [0.15, 0.2) is 6.20 Å². The van der Waals surface area contributed by atoms with Gasteiger partial charge in [-0.05, 0) is 36.2 Å². The molecule has 5 rings (SSSR count). The summed E-state index contributed by atoms with van der Waals surface area (Å²) in [5.74, 6) is 0. The minimum atomic E-state index is -2.24. The maximum absolute atomic E-state index is 7.61. The molecule has 0 amide bonds. The highest BCUT2D eigenvalue weighted by molar-refractivity contribution is 6.20. The van der Waals surface area contributed by atoms with Crippen molar-refractivity contribution in [3.63, 3.8) is 0 Å². The Morgan fingerprint density at radius 1 is 1.04 bits per heavy atom. The second-order valence-electron chi connectivity index (χ2n) is 6.66. The molecular weight excluding hydrogens is 320 g/mol. The summed E-state index contributed by atoms with van der Waals surface area (Å²) in [5, 5.41) is 4.45. The molecule has 0 radical (unpaired) electrons. The zero-order chi connectivity index (χ0) is 20.3. The average molecular weight is 342 g/mol. The summed E-state index contributed by atoms with van der Waals surface area (Å²) in [5.41, 5.74) is 4.47. The van der Waals surface area contributed by atoms with E-state index in [9.17, 15) is 0 Å². The SMILES string of the molecule is [2H]C([2H])([2H])c1c[n+](C)c(-c2c(C)ccc3c2oc2ccc4ccccc4c23)cn1. The summed E-state index contributed by atoms with van der Waals surface area (Å²) in [7, 11) is 1.84. The Hall–Kier alpha value is -3.20. The molecular formula is C23H19N2O+. The van der Waals surface area contributed by atoms with Crippen molar-refractivity contribution in [2.45, 2.75) is 13.8 Å². The van der Waals surface area contributed by atoms with Crippen molar-refractivity contribution in [1.82, 2.24) is 4.98 Å². The lowest BCUT2D eigenvalue weighted by Gasteiger charge is -2.05. The van der Waals surface area contributed by atoms with E-state index in [-0.39, 0.29) is 5.69 Å². The fourth-order valence-electron chi connectivity index (χ4n) is 3.78. The normalized spacial score (nSPS) is 13.8. The Kier molecular flexibility index (Phi) is 2.53. The Morgan fingerprint density at radius 2 is 1.92 bits per heavy atom. The van der Waals surface area contributed by atoms with Crippen LogP contribution in [0, 0.1) is 13.8 Å². The largest absolute Gasteiger partial charge is 0.455 e. The molecule has 2 aromatic heterocycles. The van der Waals surface area contributed by atoms with E-state index in [0.29, 0.717) is 0 Å². The van der Waals surface area contributed by atoms with Gasteiger partial charge in [-0.1, -0.05) is 42.5 Å². The van der Waals surface area contributed by atoms with Gasteiger partial charge in [0.2, 0.25) is 5.69 Å². The lowest BCUT2D eigenvalue weighted by Crippen LogP contribution is -2.31. The molecule has 3 heteroatoms. The number of fused-ring (bicyclic) bond motifs is 5. The monoisotopic (exact) mass is 342 g/mol. The predicted molar refractivity (Wildman–Crippen MR) is 105 cm³/mol. The minimum Gasteiger partial charge on any atom is -0.455 e. The van der Waals surface area contributed by atoms with Crippen LogP contribution in [0.15, 0.2) is 65.3 Å². The van der Waals surface area contributed by atoms with Crippen LogP contribution >= 0.6 is 0 Å². The number of nitrogens with zero attached hydrogens (tertiary/aromatic N) is 2. The Bertz CT molecular complexity index is 1420. The molecule has 5 aromatic rings. The van der Waals surface area contributed by atoms with Gasteiger partial charge >= 0.3 is 0 Å². The van der Waals surface area contributed by atoms with Crippen LogP contribution in [0.25, 0.3) is 44.0 Å². The van der Waals surface area contributed by atoms with Crippen LogP contribution in [-0.2, 0) is 7.05 Å². The molecule has 0 atom stereocenters. The number of aromatic nitrogens is 2. The lowest BCUT2D eigenvalue weighted by atomic mass is 9.99. The van der Waals surface area contributed by atoms with Crippen molar-refractivity contribution in [2.75, 3.05) is 0 Å². The van der Waals surface area contributed by atoms with Gasteiger partial charge in [-0.25, -0.2) is 4.98 Å². The number of benzene rings is 3. The van der Waals surface area contributed by atoms with Crippen LogP contribution < -0.4 is 4.57 Å². The fraction of sp³-hybridized carbons (Fsp3) is 0.130. The first-order valence-corrected chi connectivity index (χ1v) is 8.55. The summed E-state index contributed by atoms with van der Waals surface area (Å²) >= 11 is 0. The first-order chi connectivity index (χ1) is 13.8. The molecule has 0 fully saturated rings. The van der Waals surface area contributed by atoms with Crippen LogP contribution in [0.2, 0.25) is 0 Å². The predicted octanol–water partition coefficient (Wildman–Crippen LogP) is 5.24. The molecule has 3 aromatic carbocycles. The first kappa shape index (κ1) is 12.2. The molecule has 0 aliphatic rings. The van der Waals surface area contributed by atoms with Gasteiger partial charge in [0, 0.05) is 14.9 Å². The van der Waals surface area contributed by atoms with E-state index in [0.717, 1.165) is 44.1 Å². The second-order valence-corrected chi connectivity index (χ2v) is 6.66. The Balaban J connectivity index is 1.85. The zero-order valence-corrected chi connectivity index (χ0v) is 14.6. The van der Waals surface area contributed by atoms with Crippen LogP contribution in [0.5, 0.6) is 0 Å². The molecule has 126 valence electrons. The zero-order valence-electron chi connectivity index (χ0n) is 17.6. The lowest BCUT2D eigenvalue weighted by molar-refractivity contribution is -0.661. The number of hydrogen-bond donors (Lipinski definition) is 0. The third-order valence-corrected chi connectivity index (χ3v) is 5.02. The Labute approximate surface area is 155 Å². The topological polar surface area (TPSA) is 29.9 Å². The molecule has 3 nitrogen and oxygen atoms in total. The van der Waals surface area contributed by atoms with E-state index in [1.165, 1.54) is 5.39 Å². The van der Waals surface area contributed by atoms with Gasteiger partial charge in [-0.3, -0.25) is 0 Å². The molecule has 0 saturated heterocycles. The molecule has 0 unspecified atom stereocenters. The van der Waals surface area contributed by atoms with Gasteiger partial charge in [0.25, 0.3) is 0 Å². The summed E-state index contributed by atoms with van der Waals surface area (Å²) in [4.78, 5) is 4.21. The van der Waals surface area contributed by atoms with E-state index >= 15 is 0 Å². The second kappa shape index (κ2) is 5.40. The van der Waals surface area contributed by atoms with Crippen LogP contribution in [-0.4, -0.2) is 4.98 Å². The van der Waals surface area contributed by atoms with Crippen molar-refractivity contribution in [3.05, 3.63) is 72.2 Å². The average Bonchev–Trinajstić information content (AvgIpc) is 3.06. The van der Waals surface area contributed by atoms with E-state index in [4.69, 9.17) is 8.53 Å². The number of rotatable bonds is 1. The molecule has 0 aliphatic heterocycles. The molecule has 2 heterocycles. The third-order valence-electron chi connectivity index (χ3n) is 5.02. The van der Waals surface area contributed by atoms with Gasteiger partial charge < -0.3 is 4.42 Å². The smallest absolute Gasteiger partial charge is 0.234 e. The Morgan fingerprint density at radius 3 is 2.77 bits per heavy atom. The van der Waals surface area contributed by atoms with E-state index in [1.807, 2.05) is 36.7 Å². The van der Waals surface area contributed by atoms with Gasteiger partial charge in [0.1, 0.15) is 23.9 Å². The van der Waals surface area contributed by atoms with Crippen molar-refractivity contribution in [1.29, 1.82) is 0 Å². The number of furan rings is 1. The highest BCUT2D eigenvalue weighted by Gasteiger charge is 2.21. The van der Waals surface area contributed by atoms with Gasteiger partial charge in [0.05, 0.1) is 11.8 Å². The fourth-order valence-corrected chi connectivity index (χ4v) is 3.78. The van der Waals surface area contributed by atoms with E-state index in [1.54, 1.807) is 12.4 Å². The first-order valence-electron chi connectivity index (χ1n) is 10.0. The van der Waals surface area contributed by atoms with Crippen LogP contribution in [0.4, 0.5) is 0 Å². The molecule has 0 bridgehead atoms. The summed E-state index contributed by atoms with van der Waals surface area (Å²) in [6, 6.07) is 16.5. The summed E-state index contributed by atoms with van der Waals surface area (Å²) < 4.78 is 31.0. The van der Waals surface area contributed by atoms with E-state index in [2.05, 4.69) is 35.3 Å². The molecule has 0 saturated carbocycles. The summed E-state index contributed by atoms with van der Waals surface area (Å²) in [6.45, 7) is -0.215. The van der Waals surface area contributed by atoms with E-state index < -0.39 is 6.85 Å². The summed E-state index contributed by atoms with van der Waals surface area (Å²) in [6.07, 6.45) is 3.19. The molecule has 26 heavy (non-hydrogen) atoms. The quantitative estimate of drug-likeness (QED) is 0.390. The molecule has 0 N–H and O–H groups in total. The maximum atomic E-state index is 7.61. The number of hydrogen-bond acceptors (Lipinski definition) is 2. The standard InChI is InChI=1S/C23H19N2O/c1-14-8-10-18-22-17-7-5-4-6-16(17)9-11-20(22)26-23(18)21(14)19-12-24-15(2)13-25(19)3/h4-13H,1-3H3/q+1/i2D3. The third kappa shape index (κ3) is 2.07. The van der Waals surface area contributed by atoms with Gasteiger partial charge in [-0.15, -0.1) is 0 Å². The van der Waals surface area contributed by atoms with Gasteiger partial charge in [-0.2, -0.15) is 4.57 Å². The molecule has 0 aliphatic carbocycles. The minimum absolute atomic E-state index is 0.0733.